The Morgan fingerprint density at radius 1 is 1.21 bits per heavy atom. The van der Waals surface area contributed by atoms with E-state index in [0.29, 0.717) is 46.3 Å². The van der Waals surface area contributed by atoms with Crippen molar-refractivity contribution in [2.24, 2.45) is 5.73 Å². The normalized spacial score (nSPS) is 11.5. The number of methoxy groups -OCH3 is 1. The van der Waals surface area contributed by atoms with E-state index in [1.54, 1.807) is 25.4 Å². The first-order chi connectivity index (χ1) is 16.0. The molecule has 0 amide bonds. The van der Waals surface area contributed by atoms with Gasteiger partial charge in [-0.05, 0) is 43.3 Å². The number of benzene rings is 2. The molecule has 0 saturated heterocycles. The summed E-state index contributed by atoms with van der Waals surface area (Å²) in [5, 5.41) is 5.64. The van der Waals surface area contributed by atoms with Gasteiger partial charge in [0, 0.05) is 41.5 Å². The molecule has 10 heteroatoms. The van der Waals surface area contributed by atoms with Gasteiger partial charge in [-0.15, -0.1) is 5.10 Å². The fourth-order valence-electron chi connectivity index (χ4n) is 4.00. The van der Waals surface area contributed by atoms with Gasteiger partial charge in [0.05, 0.1) is 24.3 Å². The molecule has 0 unspecified atom stereocenters. The lowest BCUT2D eigenvalue weighted by molar-refractivity contribution is -0.142. The molecule has 2 aromatic carbocycles. The molecule has 0 spiro atoms. The van der Waals surface area contributed by atoms with Crippen LogP contribution < -0.4 is 20.9 Å². The highest BCUT2D eigenvalue weighted by molar-refractivity contribution is 5.98. The van der Waals surface area contributed by atoms with E-state index in [2.05, 4.69) is 14.6 Å². The van der Waals surface area contributed by atoms with E-state index in [1.807, 2.05) is 24.4 Å². The van der Waals surface area contributed by atoms with E-state index in [0.717, 1.165) is 22.2 Å². The number of carbonyl (C=O) groups is 1. The molecule has 168 valence electrons. The van der Waals surface area contributed by atoms with Crippen molar-refractivity contribution in [2.45, 2.75) is 19.9 Å². The van der Waals surface area contributed by atoms with Gasteiger partial charge in [0.15, 0.2) is 0 Å². The number of hydrogen-bond acceptors (Lipinski definition) is 7. The summed E-state index contributed by atoms with van der Waals surface area (Å²) in [4.78, 5) is 38.3. The number of ether oxygens (including phenoxy) is 1. The lowest BCUT2D eigenvalue weighted by Gasteiger charge is -2.05. The zero-order valence-corrected chi connectivity index (χ0v) is 18.2. The lowest BCUT2D eigenvalue weighted by Crippen LogP contribution is -2.17. The van der Waals surface area contributed by atoms with E-state index in [4.69, 9.17) is 20.3 Å². The van der Waals surface area contributed by atoms with Crippen LogP contribution in [0, 0.1) is 0 Å². The van der Waals surface area contributed by atoms with Crippen LogP contribution in [0.1, 0.15) is 13.3 Å². The standard InChI is InChI=1S/C23H22N6O4/c1-13(30)33-29-21-10-19-18(8-14(21)11-25-29)27-23(31)22(26-19)17-12-28(7-3-6-24)20-5-4-15(32-2)9-16(17)20/h4-5,8-12H,3,6-7,24H2,1-2H3,(H,27,31). The summed E-state index contributed by atoms with van der Waals surface area (Å²) >= 11 is 0. The molecule has 5 rings (SSSR count). The van der Waals surface area contributed by atoms with E-state index < -0.39 is 5.97 Å². The fourth-order valence-corrected chi connectivity index (χ4v) is 4.00. The second-order valence-electron chi connectivity index (χ2n) is 7.70. The predicted molar refractivity (Wildman–Crippen MR) is 124 cm³/mol. The Bertz CT molecular complexity index is 1580. The van der Waals surface area contributed by atoms with Crippen LogP contribution in [0.15, 0.2) is 47.5 Å². The number of nitrogens with one attached hydrogen (secondary N) is 1. The molecule has 5 aromatic rings. The van der Waals surface area contributed by atoms with Crippen molar-refractivity contribution in [3.63, 3.8) is 0 Å². The average Bonchev–Trinajstić information content (AvgIpc) is 3.35. The smallest absolute Gasteiger partial charge is 0.331 e. The number of carbonyl (C=O) groups excluding carboxylic acids is 1. The molecule has 0 atom stereocenters. The van der Waals surface area contributed by atoms with Gasteiger partial charge in [0.2, 0.25) is 0 Å². The lowest BCUT2D eigenvalue weighted by atomic mass is 10.1. The molecule has 3 N–H and O–H groups in total. The van der Waals surface area contributed by atoms with Crippen LogP contribution in [0.3, 0.4) is 0 Å². The summed E-state index contributed by atoms with van der Waals surface area (Å²) in [7, 11) is 1.60. The first-order valence-electron chi connectivity index (χ1n) is 10.5. The van der Waals surface area contributed by atoms with Crippen molar-refractivity contribution in [1.29, 1.82) is 0 Å². The molecule has 10 nitrogen and oxygen atoms in total. The van der Waals surface area contributed by atoms with Crippen molar-refractivity contribution >= 4 is 38.8 Å². The molecule has 33 heavy (non-hydrogen) atoms. The highest BCUT2D eigenvalue weighted by Crippen LogP contribution is 2.32. The van der Waals surface area contributed by atoms with Gasteiger partial charge < -0.3 is 24.9 Å². The molecule has 3 aromatic heterocycles. The zero-order chi connectivity index (χ0) is 23.1. The number of rotatable bonds is 6. The summed E-state index contributed by atoms with van der Waals surface area (Å²) < 4.78 is 7.47. The zero-order valence-electron chi connectivity index (χ0n) is 18.2. The summed E-state index contributed by atoms with van der Waals surface area (Å²) in [6.45, 7) is 2.58. The number of hydrogen-bond donors (Lipinski definition) is 2. The van der Waals surface area contributed by atoms with Gasteiger partial charge in [-0.3, -0.25) is 4.79 Å². The van der Waals surface area contributed by atoms with Crippen LogP contribution in [-0.2, 0) is 11.3 Å². The summed E-state index contributed by atoms with van der Waals surface area (Å²) in [5.41, 5.74) is 9.00. The van der Waals surface area contributed by atoms with Crippen LogP contribution in [0.2, 0.25) is 0 Å². The van der Waals surface area contributed by atoms with Gasteiger partial charge in [-0.25, -0.2) is 9.78 Å². The van der Waals surface area contributed by atoms with Crippen molar-refractivity contribution in [1.82, 2.24) is 24.5 Å². The number of nitrogens with zero attached hydrogens (tertiary/aromatic N) is 4. The third-order valence-corrected chi connectivity index (χ3v) is 5.51. The molecule has 3 heterocycles. The molecular formula is C23H22N6O4. The van der Waals surface area contributed by atoms with Crippen LogP contribution in [-0.4, -0.2) is 44.1 Å². The van der Waals surface area contributed by atoms with Crippen LogP contribution in [0.25, 0.3) is 44.1 Å². The molecule has 0 bridgehead atoms. The maximum Gasteiger partial charge on any atom is 0.331 e. The monoisotopic (exact) mass is 446 g/mol. The largest absolute Gasteiger partial charge is 0.497 e. The van der Waals surface area contributed by atoms with Crippen LogP contribution >= 0.6 is 0 Å². The number of fused-ring (bicyclic) bond motifs is 3. The summed E-state index contributed by atoms with van der Waals surface area (Å²) in [6, 6.07) is 9.23. The van der Waals surface area contributed by atoms with E-state index >= 15 is 0 Å². The number of aromatic nitrogens is 5. The minimum absolute atomic E-state index is 0.283. The highest BCUT2D eigenvalue weighted by atomic mass is 16.7. The van der Waals surface area contributed by atoms with Crippen molar-refractivity contribution in [3.05, 3.63) is 53.1 Å². The summed E-state index contributed by atoms with van der Waals surface area (Å²) in [6.07, 6.45) is 4.28. The van der Waals surface area contributed by atoms with E-state index in [9.17, 15) is 9.59 Å². The Morgan fingerprint density at radius 2 is 2.06 bits per heavy atom. The van der Waals surface area contributed by atoms with Gasteiger partial charge in [-0.2, -0.15) is 0 Å². The molecule has 0 radical (unpaired) electrons. The first-order valence-corrected chi connectivity index (χ1v) is 10.5. The third kappa shape index (κ3) is 3.60. The van der Waals surface area contributed by atoms with Crippen LogP contribution in [0.4, 0.5) is 0 Å². The molecular weight excluding hydrogens is 424 g/mol. The minimum atomic E-state index is -0.491. The van der Waals surface area contributed by atoms with E-state index in [1.165, 1.54) is 6.92 Å². The quantitative estimate of drug-likeness (QED) is 0.409. The SMILES string of the molecule is COc1ccc2c(c1)c(-c1nc3cc4c(cnn4OC(C)=O)cc3[nH]c1=O)cn2CCCN. The maximum absolute atomic E-state index is 13.1. The van der Waals surface area contributed by atoms with Crippen molar-refractivity contribution in [3.8, 4) is 17.0 Å². The first kappa shape index (κ1) is 20.7. The summed E-state index contributed by atoms with van der Waals surface area (Å²) in [5.74, 6) is 0.194. The van der Waals surface area contributed by atoms with Crippen LogP contribution in [0.5, 0.6) is 5.75 Å². The maximum atomic E-state index is 13.1. The number of H-pyrrole nitrogens is 1. The predicted octanol–water partition coefficient (Wildman–Crippen LogP) is 2.23. The van der Waals surface area contributed by atoms with Gasteiger partial charge in [-0.1, -0.05) is 4.85 Å². The Kier molecular flexibility index (Phi) is 5.06. The fraction of sp³-hybridized carbons (Fsp3) is 0.217. The van der Waals surface area contributed by atoms with Gasteiger partial charge >= 0.3 is 5.97 Å². The Morgan fingerprint density at radius 3 is 2.82 bits per heavy atom. The van der Waals surface area contributed by atoms with Crippen molar-refractivity contribution in [2.75, 3.05) is 13.7 Å². The molecule has 0 aliphatic carbocycles. The Hall–Kier alpha value is -4.18. The highest BCUT2D eigenvalue weighted by Gasteiger charge is 2.17. The van der Waals surface area contributed by atoms with Crippen molar-refractivity contribution < 1.29 is 14.4 Å². The molecule has 0 aliphatic rings. The molecule has 0 fully saturated rings. The number of aromatic amines is 1. The number of aryl methyl sites for hydroxylation is 1. The molecule has 0 saturated carbocycles. The van der Waals surface area contributed by atoms with Gasteiger partial charge in [0.1, 0.15) is 17.0 Å². The Balaban J connectivity index is 1.73. The second-order valence-corrected chi connectivity index (χ2v) is 7.70. The average molecular weight is 446 g/mol. The minimum Gasteiger partial charge on any atom is -0.497 e. The topological polar surface area (TPSA) is 130 Å². The van der Waals surface area contributed by atoms with E-state index in [-0.39, 0.29) is 11.3 Å². The van der Waals surface area contributed by atoms with Gasteiger partial charge in [0.25, 0.3) is 5.56 Å². The third-order valence-electron chi connectivity index (χ3n) is 5.51. The number of nitrogens with two attached hydrogens (primary N) is 1. The second kappa shape index (κ2) is 8.06. The Labute approximate surface area is 187 Å². The molecule has 0 aliphatic heterocycles.